The zero-order valence-electron chi connectivity index (χ0n) is 7.88. The average molecular weight is 197 g/mol. The van der Waals surface area contributed by atoms with Gasteiger partial charge in [0, 0.05) is 22.2 Å². The van der Waals surface area contributed by atoms with Gasteiger partial charge in [-0.05, 0) is 32.4 Å². The Hall–Kier alpha value is -0.670. The first-order valence-corrected chi connectivity index (χ1v) is 5.40. The SMILES string of the molecule is Cc1cc(C(=O)CCCCN)cs1. The molecule has 1 aromatic heterocycles. The van der Waals surface area contributed by atoms with Gasteiger partial charge in [-0.1, -0.05) is 0 Å². The first-order chi connectivity index (χ1) is 6.24. The van der Waals surface area contributed by atoms with Gasteiger partial charge in [-0.2, -0.15) is 0 Å². The van der Waals surface area contributed by atoms with Crippen molar-refractivity contribution in [1.29, 1.82) is 0 Å². The van der Waals surface area contributed by atoms with E-state index in [9.17, 15) is 4.79 Å². The first-order valence-electron chi connectivity index (χ1n) is 4.52. The Bertz CT molecular complexity index is 280. The lowest BCUT2D eigenvalue weighted by Gasteiger charge is -1.96. The number of nitrogens with two attached hydrogens (primary N) is 1. The number of aryl methyl sites for hydroxylation is 1. The number of rotatable bonds is 5. The Balaban J connectivity index is 2.40. The molecule has 13 heavy (non-hydrogen) atoms. The smallest absolute Gasteiger partial charge is 0.163 e. The van der Waals surface area contributed by atoms with Crippen LogP contribution in [-0.2, 0) is 0 Å². The number of Topliss-reactive ketones (excluding diaryl/α,β-unsaturated/α-hetero) is 1. The lowest BCUT2D eigenvalue weighted by Crippen LogP contribution is -2.01. The van der Waals surface area contributed by atoms with E-state index >= 15 is 0 Å². The molecule has 3 heteroatoms. The first kappa shape index (κ1) is 10.4. The van der Waals surface area contributed by atoms with Gasteiger partial charge >= 0.3 is 0 Å². The molecule has 0 unspecified atom stereocenters. The fourth-order valence-electron chi connectivity index (χ4n) is 1.16. The number of thiophene rings is 1. The van der Waals surface area contributed by atoms with Gasteiger partial charge in [0.15, 0.2) is 5.78 Å². The fraction of sp³-hybridized carbons (Fsp3) is 0.500. The number of ketones is 1. The molecule has 0 spiro atoms. The summed E-state index contributed by atoms with van der Waals surface area (Å²) in [6, 6.07) is 1.95. The van der Waals surface area contributed by atoms with E-state index in [0.717, 1.165) is 18.4 Å². The van der Waals surface area contributed by atoms with Crippen molar-refractivity contribution in [1.82, 2.24) is 0 Å². The Labute approximate surface area is 82.8 Å². The molecule has 0 aromatic carbocycles. The standard InChI is InChI=1S/C10H15NOS/c1-8-6-9(7-13-8)10(12)4-2-3-5-11/h6-7H,2-5,11H2,1H3. The predicted octanol–water partition coefficient (Wildman–Crippen LogP) is 2.37. The molecular formula is C10H15NOS. The summed E-state index contributed by atoms with van der Waals surface area (Å²) in [5.74, 6) is 0.248. The zero-order valence-corrected chi connectivity index (χ0v) is 8.69. The van der Waals surface area contributed by atoms with E-state index in [-0.39, 0.29) is 5.78 Å². The largest absolute Gasteiger partial charge is 0.330 e. The normalized spacial score (nSPS) is 10.3. The van der Waals surface area contributed by atoms with Gasteiger partial charge in [-0.15, -0.1) is 11.3 Å². The number of carbonyl (C=O) groups is 1. The van der Waals surface area contributed by atoms with Crippen LogP contribution in [0.5, 0.6) is 0 Å². The Morgan fingerprint density at radius 1 is 1.54 bits per heavy atom. The van der Waals surface area contributed by atoms with Crippen LogP contribution in [0.25, 0.3) is 0 Å². The van der Waals surface area contributed by atoms with E-state index in [0.29, 0.717) is 13.0 Å². The number of hydrogen-bond donors (Lipinski definition) is 1. The Kier molecular flexibility index (Phi) is 4.12. The summed E-state index contributed by atoms with van der Waals surface area (Å²) >= 11 is 1.63. The molecule has 1 rings (SSSR count). The maximum Gasteiger partial charge on any atom is 0.163 e. The van der Waals surface area contributed by atoms with E-state index in [1.807, 2.05) is 18.4 Å². The molecule has 0 saturated heterocycles. The van der Waals surface area contributed by atoms with E-state index < -0.39 is 0 Å². The maximum absolute atomic E-state index is 11.5. The molecule has 2 nitrogen and oxygen atoms in total. The van der Waals surface area contributed by atoms with E-state index in [1.165, 1.54) is 4.88 Å². The van der Waals surface area contributed by atoms with Crippen LogP contribution < -0.4 is 5.73 Å². The van der Waals surface area contributed by atoms with Crippen molar-refractivity contribution in [3.05, 3.63) is 21.9 Å². The quantitative estimate of drug-likeness (QED) is 0.581. The Morgan fingerprint density at radius 3 is 2.85 bits per heavy atom. The van der Waals surface area contributed by atoms with Gasteiger partial charge in [0.2, 0.25) is 0 Å². The lowest BCUT2D eigenvalue weighted by atomic mass is 10.1. The highest BCUT2D eigenvalue weighted by Crippen LogP contribution is 2.15. The van der Waals surface area contributed by atoms with Crippen molar-refractivity contribution in [3.8, 4) is 0 Å². The highest BCUT2D eigenvalue weighted by Gasteiger charge is 2.06. The van der Waals surface area contributed by atoms with Crippen molar-refractivity contribution in [2.45, 2.75) is 26.2 Å². The summed E-state index contributed by atoms with van der Waals surface area (Å²) in [5, 5.41) is 1.93. The number of carbonyl (C=O) groups excluding carboxylic acids is 1. The third-order valence-corrected chi connectivity index (χ3v) is 2.77. The van der Waals surface area contributed by atoms with Crippen LogP contribution in [0.3, 0.4) is 0 Å². The highest BCUT2D eigenvalue weighted by molar-refractivity contribution is 7.10. The summed E-state index contributed by atoms with van der Waals surface area (Å²) in [6.45, 7) is 2.69. The van der Waals surface area contributed by atoms with Crippen LogP contribution in [0.15, 0.2) is 11.4 Å². The maximum atomic E-state index is 11.5. The molecule has 0 saturated carbocycles. The van der Waals surface area contributed by atoms with Gasteiger partial charge in [-0.25, -0.2) is 0 Å². The van der Waals surface area contributed by atoms with Gasteiger partial charge in [0.05, 0.1) is 0 Å². The molecule has 0 radical (unpaired) electrons. The second-order valence-corrected chi connectivity index (χ2v) is 4.23. The summed E-state index contributed by atoms with van der Waals surface area (Å²) < 4.78 is 0. The summed E-state index contributed by atoms with van der Waals surface area (Å²) in [4.78, 5) is 12.7. The number of unbranched alkanes of at least 4 members (excludes halogenated alkanes) is 1. The minimum absolute atomic E-state index is 0.248. The fourth-order valence-corrected chi connectivity index (χ4v) is 1.87. The molecule has 0 fully saturated rings. The molecule has 0 bridgehead atoms. The molecule has 2 N–H and O–H groups in total. The van der Waals surface area contributed by atoms with Crippen molar-refractivity contribution in [2.24, 2.45) is 5.73 Å². The van der Waals surface area contributed by atoms with E-state index in [1.54, 1.807) is 11.3 Å². The zero-order chi connectivity index (χ0) is 9.68. The molecule has 0 atom stereocenters. The van der Waals surface area contributed by atoms with Crippen molar-refractivity contribution in [2.75, 3.05) is 6.54 Å². The van der Waals surface area contributed by atoms with E-state index in [4.69, 9.17) is 5.73 Å². The van der Waals surface area contributed by atoms with Crippen molar-refractivity contribution < 1.29 is 4.79 Å². The minimum atomic E-state index is 0.248. The third-order valence-electron chi connectivity index (χ3n) is 1.91. The van der Waals surface area contributed by atoms with Crippen molar-refractivity contribution >= 4 is 17.1 Å². The van der Waals surface area contributed by atoms with Crippen molar-refractivity contribution in [3.63, 3.8) is 0 Å². The average Bonchev–Trinajstić information content (AvgIpc) is 2.52. The molecule has 72 valence electrons. The highest BCUT2D eigenvalue weighted by atomic mass is 32.1. The topological polar surface area (TPSA) is 43.1 Å². The summed E-state index contributed by atoms with van der Waals surface area (Å²) in [5.41, 5.74) is 6.21. The summed E-state index contributed by atoms with van der Waals surface area (Å²) in [6.07, 6.45) is 2.48. The molecule has 1 aromatic rings. The monoisotopic (exact) mass is 197 g/mol. The van der Waals surface area contributed by atoms with Crippen LogP contribution >= 0.6 is 11.3 Å². The molecule has 0 aliphatic carbocycles. The number of hydrogen-bond acceptors (Lipinski definition) is 3. The molecule has 0 aliphatic heterocycles. The van der Waals surface area contributed by atoms with Gasteiger partial charge < -0.3 is 5.73 Å². The van der Waals surface area contributed by atoms with E-state index in [2.05, 4.69) is 0 Å². The lowest BCUT2D eigenvalue weighted by molar-refractivity contribution is 0.0980. The molecule has 1 heterocycles. The second kappa shape index (κ2) is 5.14. The Morgan fingerprint density at radius 2 is 2.31 bits per heavy atom. The van der Waals surface area contributed by atoms with Crippen LogP contribution in [0.1, 0.15) is 34.5 Å². The summed E-state index contributed by atoms with van der Waals surface area (Å²) in [7, 11) is 0. The third kappa shape index (κ3) is 3.28. The van der Waals surface area contributed by atoms with Gasteiger partial charge in [-0.3, -0.25) is 4.79 Å². The predicted molar refractivity (Wildman–Crippen MR) is 56.3 cm³/mol. The van der Waals surface area contributed by atoms with Gasteiger partial charge in [0.25, 0.3) is 0 Å². The minimum Gasteiger partial charge on any atom is -0.330 e. The van der Waals surface area contributed by atoms with Crippen LogP contribution in [-0.4, -0.2) is 12.3 Å². The second-order valence-electron chi connectivity index (χ2n) is 3.11. The van der Waals surface area contributed by atoms with Crippen LogP contribution in [0.2, 0.25) is 0 Å². The molecule has 0 aliphatic rings. The van der Waals surface area contributed by atoms with Gasteiger partial charge in [0.1, 0.15) is 0 Å². The van der Waals surface area contributed by atoms with Crippen LogP contribution in [0.4, 0.5) is 0 Å². The molecular weight excluding hydrogens is 182 g/mol. The molecule has 0 amide bonds. The van der Waals surface area contributed by atoms with Crippen LogP contribution in [0, 0.1) is 6.92 Å².